The first-order valence-corrected chi connectivity index (χ1v) is 22.2. The van der Waals surface area contributed by atoms with Gasteiger partial charge >= 0.3 is 11.9 Å². The van der Waals surface area contributed by atoms with E-state index < -0.39 is 27.5 Å². The molecule has 204 valence electrons. The quantitative estimate of drug-likeness (QED) is 0.371. The van der Waals surface area contributed by atoms with E-state index in [0.717, 1.165) is 0 Å². The van der Waals surface area contributed by atoms with Gasteiger partial charge in [-0.3, -0.25) is 9.59 Å². The third kappa shape index (κ3) is 1.38. The van der Waals surface area contributed by atoms with Gasteiger partial charge in [0.25, 0.3) is 0 Å². The van der Waals surface area contributed by atoms with E-state index >= 15 is 0 Å². The molecule has 0 heterocycles. The van der Waals surface area contributed by atoms with E-state index in [9.17, 15) is 9.59 Å². The van der Waals surface area contributed by atoms with Gasteiger partial charge in [0, 0.05) is 0 Å². The van der Waals surface area contributed by atoms with E-state index in [1.807, 2.05) is 0 Å². The van der Waals surface area contributed by atoms with Crippen LogP contribution in [0.5, 0.6) is 0 Å². The maximum absolute atomic E-state index is 14.5. The van der Waals surface area contributed by atoms with Crippen molar-refractivity contribution in [3.05, 3.63) is 0 Å². The maximum Gasteiger partial charge on any atom is 0.315 e. The average Bonchev–Trinajstić information content (AvgIpc) is 3.59. The minimum absolute atomic E-state index is 0.0599. The Kier molecular flexibility index (Phi) is 3.00. The number of esters is 2. The van der Waals surface area contributed by atoms with Crippen LogP contribution < -0.4 is 0 Å². The van der Waals surface area contributed by atoms with Crippen molar-refractivity contribution in [1.29, 1.82) is 0 Å². The van der Waals surface area contributed by atoms with Crippen LogP contribution in [0.25, 0.3) is 0 Å². The monoisotopic (exact) mass is 552 g/mol. The highest BCUT2D eigenvalue weighted by Crippen LogP contribution is 3.08. The second kappa shape index (κ2) is 5.19. The highest BCUT2D eigenvalue weighted by molar-refractivity contribution is 6.70. The molecular weight excluding hydrogens is 512 g/mol. The summed E-state index contributed by atoms with van der Waals surface area (Å²) in [6, 6.07) is 0. The highest BCUT2D eigenvalue weighted by Gasteiger charge is 3.12. The van der Waals surface area contributed by atoms with E-state index in [-0.39, 0.29) is 23.1 Å². The number of hydrogen-bond acceptors (Lipinski definition) is 6. The maximum atomic E-state index is 14.5. The van der Waals surface area contributed by atoms with Crippen LogP contribution in [0.3, 0.4) is 0 Å². The molecule has 12 saturated carbocycles. The Labute approximate surface area is 226 Å². The Hall–Kier alpha value is -0.706. The molecule has 0 amide bonds. The van der Waals surface area contributed by atoms with Crippen LogP contribution in [0.2, 0.25) is 39.3 Å². The van der Waals surface area contributed by atoms with Crippen LogP contribution in [0.15, 0.2) is 0 Å². The van der Waals surface area contributed by atoms with Gasteiger partial charge in [-0.15, -0.1) is 0 Å². The largest absolute Gasteiger partial charge is 0.468 e. The van der Waals surface area contributed by atoms with Crippen LogP contribution in [0.4, 0.5) is 0 Å². The summed E-state index contributed by atoms with van der Waals surface area (Å²) in [5, 5.41) is 0. The predicted molar refractivity (Wildman–Crippen MR) is 139 cm³/mol. The first-order chi connectivity index (χ1) is 17.9. The van der Waals surface area contributed by atoms with Gasteiger partial charge in [0.2, 0.25) is 0 Å². The average molecular weight is 553 g/mol. The summed E-state index contributed by atoms with van der Waals surface area (Å²) >= 11 is 0. The molecule has 0 aromatic carbocycles. The summed E-state index contributed by atoms with van der Waals surface area (Å²) < 4.78 is 27.1. The molecule has 12 aliphatic carbocycles. The molecular formula is C30H40O6Si2. The SMILES string of the molecule is COC(=O)C12C3C4C5C6C7C8C(C9C%10C8C6(O[Si](C)(C)C)C6(C(=O)OC)C5C3C(C91)C%106)C2(O[Si](C)(C)C)C74. The van der Waals surface area contributed by atoms with E-state index in [1.54, 1.807) is 14.2 Å². The van der Waals surface area contributed by atoms with Crippen LogP contribution in [-0.2, 0) is 27.9 Å². The van der Waals surface area contributed by atoms with Gasteiger partial charge in [0.05, 0.1) is 25.4 Å². The van der Waals surface area contributed by atoms with Crippen molar-refractivity contribution in [3.63, 3.8) is 0 Å². The van der Waals surface area contributed by atoms with Crippen LogP contribution in [0.1, 0.15) is 0 Å². The zero-order valence-corrected chi connectivity index (χ0v) is 25.7. The van der Waals surface area contributed by atoms with Crippen LogP contribution >= 0.6 is 0 Å². The molecule has 0 spiro atoms. The summed E-state index contributed by atoms with van der Waals surface area (Å²) in [5.74, 6) is 7.16. The smallest absolute Gasteiger partial charge is 0.315 e. The first-order valence-electron chi connectivity index (χ1n) is 15.4. The van der Waals surface area contributed by atoms with Gasteiger partial charge in [-0.2, -0.15) is 0 Å². The molecule has 0 saturated heterocycles. The summed E-state index contributed by atoms with van der Waals surface area (Å²) in [4.78, 5) is 29.0. The van der Waals surface area contributed by atoms with Crippen molar-refractivity contribution in [2.24, 2.45) is 106 Å². The fourth-order valence-corrected chi connectivity index (χ4v) is 21.0. The molecule has 0 bridgehead atoms. The zero-order valence-electron chi connectivity index (χ0n) is 23.7. The summed E-state index contributed by atoms with van der Waals surface area (Å²) in [5.41, 5.74) is -1.63. The van der Waals surface area contributed by atoms with Gasteiger partial charge in [-0.05, 0) is 134 Å². The summed E-state index contributed by atoms with van der Waals surface area (Å²) in [6.45, 7) is 14.1. The number of hydrogen-bond donors (Lipinski definition) is 0. The Morgan fingerprint density at radius 3 is 0.947 bits per heavy atom. The van der Waals surface area contributed by atoms with Gasteiger partial charge < -0.3 is 18.3 Å². The molecule has 8 heteroatoms. The third-order valence-corrected chi connectivity index (χ3v) is 17.7. The number of ether oxygens (including phenoxy) is 2. The van der Waals surface area contributed by atoms with Gasteiger partial charge in [0.1, 0.15) is 10.8 Å². The Bertz CT molecular complexity index is 1180. The third-order valence-electron chi connectivity index (χ3n) is 15.8. The molecule has 12 rings (SSSR count). The molecule has 0 radical (unpaired) electrons. The lowest BCUT2D eigenvalue weighted by molar-refractivity contribution is -0.187. The van der Waals surface area contributed by atoms with E-state index in [2.05, 4.69) is 39.3 Å². The number of methoxy groups -OCH3 is 2. The lowest BCUT2D eigenvalue weighted by Crippen LogP contribution is -2.64. The number of carbonyl (C=O) groups excluding carboxylic acids is 2. The Morgan fingerprint density at radius 2 is 0.711 bits per heavy atom. The van der Waals surface area contributed by atoms with Crippen molar-refractivity contribution >= 4 is 28.6 Å². The normalized spacial score (nSPS) is 70.9. The second-order valence-corrected chi connectivity index (χ2v) is 26.4. The molecule has 12 fully saturated rings. The first kappa shape index (κ1) is 22.0. The van der Waals surface area contributed by atoms with Crippen molar-refractivity contribution in [3.8, 4) is 0 Å². The lowest BCUT2D eigenvalue weighted by atomic mass is 9.60. The minimum atomic E-state index is -1.98. The summed E-state index contributed by atoms with van der Waals surface area (Å²) in [6.07, 6.45) is 0. The van der Waals surface area contributed by atoms with Gasteiger partial charge in [0.15, 0.2) is 16.6 Å². The van der Waals surface area contributed by atoms with Crippen molar-refractivity contribution in [1.82, 2.24) is 0 Å². The van der Waals surface area contributed by atoms with E-state index in [1.165, 1.54) is 0 Å². The van der Waals surface area contributed by atoms with Gasteiger partial charge in [-0.25, -0.2) is 0 Å². The fourth-order valence-electron chi connectivity index (χ4n) is 18.1. The molecule has 0 aromatic heterocycles. The van der Waals surface area contributed by atoms with E-state index in [0.29, 0.717) is 94.7 Å². The predicted octanol–water partition coefficient (Wildman–Crippen LogP) is 3.49. The Morgan fingerprint density at radius 1 is 0.474 bits per heavy atom. The molecule has 38 heavy (non-hydrogen) atoms. The Balaban J connectivity index is 1.29. The molecule has 12 atom stereocenters. The molecule has 0 N–H and O–H groups in total. The fraction of sp³-hybridized carbons (Fsp3) is 0.933. The molecule has 12 aliphatic rings. The van der Waals surface area contributed by atoms with Gasteiger partial charge in [-0.1, -0.05) is 0 Å². The molecule has 6 nitrogen and oxygen atoms in total. The van der Waals surface area contributed by atoms with Crippen LogP contribution in [0, 0.1) is 106 Å². The molecule has 0 aliphatic heterocycles. The lowest BCUT2D eigenvalue weighted by Gasteiger charge is -2.53. The zero-order chi connectivity index (χ0) is 26.2. The van der Waals surface area contributed by atoms with Crippen molar-refractivity contribution < 1.29 is 27.9 Å². The van der Waals surface area contributed by atoms with Crippen molar-refractivity contribution in [2.45, 2.75) is 50.5 Å². The van der Waals surface area contributed by atoms with Crippen molar-refractivity contribution in [2.75, 3.05) is 14.2 Å². The highest BCUT2D eigenvalue weighted by atomic mass is 28.4. The molecule has 12 unspecified atom stereocenters. The summed E-state index contributed by atoms with van der Waals surface area (Å²) in [7, 11) is -0.699. The second-order valence-electron chi connectivity index (χ2n) is 17.6. The molecule has 0 aromatic rings. The topological polar surface area (TPSA) is 71.1 Å². The number of carbonyl (C=O) groups is 2. The minimum Gasteiger partial charge on any atom is -0.468 e. The number of rotatable bonds is 6. The standard InChI is InChI=1S/C30H40O6Si2/c1-33-25(31)27-17-9-10-18(27)12-14-20(10)28(26(32)34-2)19(9)13-11(17)21-15-16(22(12)29(21,27)35-37(3,4)5)24(14)30(28,23(13)15)36-38(6,7)8/h9-24H,1-8H3. The van der Waals surface area contributed by atoms with E-state index in [4.69, 9.17) is 18.3 Å². The van der Waals surface area contributed by atoms with Crippen LogP contribution in [-0.4, -0.2) is 54.0 Å².